The number of nitrogens with zero attached hydrogens (tertiary/aromatic N) is 1. The molecule has 0 unspecified atom stereocenters. The van der Waals surface area contributed by atoms with Gasteiger partial charge in [-0.15, -0.1) is 11.3 Å². The van der Waals surface area contributed by atoms with Crippen LogP contribution in [0.3, 0.4) is 0 Å². The van der Waals surface area contributed by atoms with Crippen LogP contribution in [0.2, 0.25) is 0 Å². The van der Waals surface area contributed by atoms with Crippen molar-refractivity contribution < 1.29 is 14.0 Å². The third-order valence-corrected chi connectivity index (χ3v) is 5.95. The van der Waals surface area contributed by atoms with E-state index in [2.05, 4.69) is 22.2 Å². The third-order valence-electron chi connectivity index (χ3n) is 4.89. The summed E-state index contributed by atoms with van der Waals surface area (Å²) in [6, 6.07) is 12.1. The highest BCUT2D eigenvalue weighted by Gasteiger charge is 2.20. The predicted molar refractivity (Wildman–Crippen MR) is 124 cm³/mol. The topological polar surface area (TPSA) is 71.1 Å². The van der Waals surface area contributed by atoms with Crippen molar-refractivity contribution in [1.82, 2.24) is 4.98 Å². The second-order valence-electron chi connectivity index (χ2n) is 6.95. The number of amides is 2. The SMILES string of the molecule is C=CC(=O)Nc1ccc(-c2cccc([C@H](CC)C(=O)Nc3ncc(CC)s3)c2)cc1F. The van der Waals surface area contributed by atoms with Gasteiger partial charge in [0.2, 0.25) is 11.8 Å². The fourth-order valence-electron chi connectivity index (χ4n) is 3.21. The van der Waals surface area contributed by atoms with Crippen molar-refractivity contribution in [3.8, 4) is 11.1 Å². The smallest absolute Gasteiger partial charge is 0.247 e. The van der Waals surface area contributed by atoms with Crippen LogP contribution in [0.5, 0.6) is 0 Å². The molecule has 0 fully saturated rings. The van der Waals surface area contributed by atoms with Crippen LogP contribution < -0.4 is 10.6 Å². The molecule has 0 aliphatic carbocycles. The van der Waals surface area contributed by atoms with E-state index in [0.717, 1.165) is 28.5 Å². The zero-order chi connectivity index (χ0) is 22.4. The quantitative estimate of drug-likeness (QED) is 0.440. The van der Waals surface area contributed by atoms with Gasteiger partial charge in [-0.05, 0) is 47.7 Å². The first kappa shape index (κ1) is 22.4. The maximum atomic E-state index is 14.4. The lowest BCUT2D eigenvalue weighted by atomic mass is 9.92. The Bertz CT molecular complexity index is 1110. The Morgan fingerprint density at radius 1 is 1.16 bits per heavy atom. The number of hydrogen-bond acceptors (Lipinski definition) is 4. The molecule has 0 bridgehead atoms. The van der Waals surface area contributed by atoms with Crippen LogP contribution in [-0.2, 0) is 16.0 Å². The molecule has 0 radical (unpaired) electrons. The molecular formula is C24H24FN3O2S. The summed E-state index contributed by atoms with van der Waals surface area (Å²) in [6.45, 7) is 7.36. The number of hydrogen-bond donors (Lipinski definition) is 2. The molecule has 0 saturated heterocycles. The zero-order valence-electron chi connectivity index (χ0n) is 17.4. The number of halogens is 1. The van der Waals surface area contributed by atoms with E-state index < -0.39 is 11.7 Å². The van der Waals surface area contributed by atoms with Crippen LogP contribution in [-0.4, -0.2) is 16.8 Å². The minimum atomic E-state index is -0.543. The van der Waals surface area contributed by atoms with Crippen LogP contribution in [0.4, 0.5) is 15.2 Å². The first-order valence-corrected chi connectivity index (χ1v) is 10.9. The molecule has 160 valence electrons. The highest BCUT2D eigenvalue weighted by molar-refractivity contribution is 7.15. The Morgan fingerprint density at radius 3 is 2.58 bits per heavy atom. The van der Waals surface area contributed by atoms with Gasteiger partial charge in [-0.1, -0.05) is 50.8 Å². The summed E-state index contributed by atoms with van der Waals surface area (Å²) in [6.07, 6.45) is 4.35. The molecule has 3 aromatic rings. The monoisotopic (exact) mass is 437 g/mol. The first-order chi connectivity index (χ1) is 14.9. The van der Waals surface area contributed by atoms with Gasteiger partial charge >= 0.3 is 0 Å². The van der Waals surface area contributed by atoms with E-state index in [-0.39, 0.29) is 17.5 Å². The lowest BCUT2D eigenvalue weighted by Crippen LogP contribution is -2.20. The van der Waals surface area contributed by atoms with E-state index in [1.54, 1.807) is 12.3 Å². The van der Waals surface area contributed by atoms with Gasteiger partial charge < -0.3 is 10.6 Å². The average molecular weight is 438 g/mol. The maximum absolute atomic E-state index is 14.4. The minimum absolute atomic E-state index is 0.0884. The first-order valence-electron chi connectivity index (χ1n) is 10.0. The lowest BCUT2D eigenvalue weighted by molar-refractivity contribution is -0.117. The van der Waals surface area contributed by atoms with Crippen LogP contribution >= 0.6 is 11.3 Å². The Morgan fingerprint density at radius 2 is 1.94 bits per heavy atom. The van der Waals surface area contributed by atoms with Gasteiger partial charge in [-0.3, -0.25) is 9.59 Å². The Labute approximate surface area is 185 Å². The van der Waals surface area contributed by atoms with Crippen LogP contribution in [0.15, 0.2) is 61.3 Å². The summed E-state index contributed by atoms with van der Waals surface area (Å²) in [5, 5.41) is 5.93. The molecule has 3 rings (SSSR count). The molecule has 2 aromatic carbocycles. The van der Waals surface area contributed by atoms with E-state index in [1.807, 2.05) is 38.1 Å². The van der Waals surface area contributed by atoms with Gasteiger partial charge in [0.1, 0.15) is 5.82 Å². The normalized spacial score (nSPS) is 11.6. The van der Waals surface area contributed by atoms with Crippen molar-refractivity contribution in [2.24, 2.45) is 0 Å². The molecule has 31 heavy (non-hydrogen) atoms. The van der Waals surface area contributed by atoms with Gasteiger partial charge in [0, 0.05) is 11.1 Å². The Kier molecular flexibility index (Phi) is 7.31. The molecule has 1 aromatic heterocycles. The molecule has 2 N–H and O–H groups in total. The van der Waals surface area contributed by atoms with Crippen molar-refractivity contribution in [2.45, 2.75) is 32.6 Å². The number of anilines is 2. The highest BCUT2D eigenvalue weighted by Crippen LogP contribution is 2.29. The number of thiazole rings is 1. The molecule has 0 saturated carbocycles. The molecule has 7 heteroatoms. The van der Waals surface area contributed by atoms with E-state index >= 15 is 0 Å². The van der Waals surface area contributed by atoms with E-state index in [4.69, 9.17) is 0 Å². The number of carbonyl (C=O) groups excluding carboxylic acids is 2. The number of aromatic nitrogens is 1. The molecule has 1 atom stereocenters. The van der Waals surface area contributed by atoms with Crippen LogP contribution in [0.25, 0.3) is 11.1 Å². The number of aryl methyl sites for hydroxylation is 1. The van der Waals surface area contributed by atoms with Gasteiger partial charge in [0.15, 0.2) is 5.13 Å². The number of carbonyl (C=O) groups is 2. The second-order valence-corrected chi connectivity index (χ2v) is 8.06. The molecule has 5 nitrogen and oxygen atoms in total. The van der Waals surface area contributed by atoms with Gasteiger partial charge in [-0.25, -0.2) is 9.37 Å². The van der Waals surface area contributed by atoms with Gasteiger partial charge in [-0.2, -0.15) is 0 Å². The number of nitrogens with one attached hydrogen (secondary N) is 2. The molecule has 1 heterocycles. The van der Waals surface area contributed by atoms with E-state index in [0.29, 0.717) is 17.1 Å². The number of benzene rings is 2. The summed E-state index contributed by atoms with van der Waals surface area (Å²) in [5.74, 6) is -1.50. The van der Waals surface area contributed by atoms with E-state index in [1.165, 1.54) is 23.5 Å². The van der Waals surface area contributed by atoms with Crippen LogP contribution in [0.1, 0.15) is 36.6 Å². The van der Waals surface area contributed by atoms with Gasteiger partial charge in [0.25, 0.3) is 0 Å². The Balaban J connectivity index is 1.82. The second kappa shape index (κ2) is 10.1. The summed E-state index contributed by atoms with van der Waals surface area (Å²) in [7, 11) is 0. The minimum Gasteiger partial charge on any atom is -0.320 e. The zero-order valence-corrected chi connectivity index (χ0v) is 18.3. The predicted octanol–water partition coefficient (Wildman–Crippen LogP) is 5.77. The fraction of sp³-hybridized carbons (Fsp3) is 0.208. The molecule has 0 aliphatic heterocycles. The summed E-state index contributed by atoms with van der Waals surface area (Å²) < 4.78 is 14.4. The lowest BCUT2D eigenvalue weighted by Gasteiger charge is -2.16. The maximum Gasteiger partial charge on any atom is 0.247 e. The Hall–Kier alpha value is -3.32. The molecule has 0 aliphatic rings. The van der Waals surface area contributed by atoms with E-state index in [9.17, 15) is 14.0 Å². The van der Waals surface area contributed by atoms with Crippen molar-refractivity contribution in [3.63, 3.8) is 0 Å². The fourth-order valence-corrected chi connectivity index (χ4v) is 3.96. The summed E-state index contributed by atoms with van der Waals surface area (Å²) >= 11 is 1.47. The molecule has 2 amide bonds. The van der Waals surface area contributed by atoms with Crippen LogP contribution in [0, 0.1) is 5.82 Å². The summed E-state index contributed by atoms with van der Waals surface area (Å²) in [5.41, 5.74) is 2.37. The average Bonchev–Trinajstić information content (AvgIpc) is 3.23. The van der Waals surface area contributed by atoms with Crippen molar-refractivity contribution in [3.05, 3.63) is 77.6 Å². The van der Waals surface area contributed by atoms with Crippen molar-refractivity contribution >= 4 is 34.0 Å². The highest BCUT2D eigenvalue weighted by atomic mass is 32.1. The standard InChI is InChI=1S/C24H24FN3O2S/c1-4-18-14-26-24(31-18)28-23(30)19(5-2)17-9-7-8-15(12-17)16-10-11-21(20(25)13-16)27-22(29)6-3/h6-14,19H,3-5H2,1-2H3,(H,27,29)(H,26,28,30)/t19-/m0/s1. The van der Waals surface area contributed by atoms with Crippen molar-refractivity contribution in [1.29, 1.82) is 0 Å². The molecule has 0 spiro atoms. The largest absolute Gasteiger partial charge is 0.320 e. The van der Waals surface area contributed by atoms with Crippen molar-refractivity contribution in [2.75, 3.05) is 10.6 Å². The molecular weight excluding hydrogens is 413 g/mol. The van der Waals surface area contributed by atoms with Gasteiger partial charge in [0.05, 0.1) is 11.6 Å². The summed E-state index contributed by atoms with van der Waals surface area (Å²) in [4.78, 5) is 29.7. The third kappa shape index (κ3) is 5.44. The number of rotatable bonds is 8.